The monoisotopic (exact) mass is 317 g/mol. The fourth-order valence-electron chi connectivity index (χ4n) is 2.44. The van der Waals surface area contributed by atoms with Gasteiger partial charge in [0.15, 0.2) is 0 Å². The third kappa shape index (κ3) is 4.52. The molecule has 3 nitrogen and oxygen atoms in total. The summed E-state index contributed by atoms with van der Waals surface area (Å²) in [4.78, 5) is 0. The molecular weight excluding hydrogens is 297 g/mol. The van der Waals surface area contributed by atoms with Gasteiger partial charge in [-0.15, -0.1) is 0 Å². The lowest BCUT2D eigenvalue weighted by atomic mass is 10.1. The molecule has 2 atom stereocenters. The Balaban J connectivity index is 2.00. The van der Waals surface area contributed by atoms with Gasteiger partial charge in [0.25, 0.3) is 0 Å². The Kier molecular flexibility index (Phi) is 5.97. The van der Waals surface area contributed by atoms with Crippen molar-refractivity contribution in [1.29, 1.82) is 0 Å². The Morgan fingerprint density at radius 2 is 2.25 bits per heavy atom. The van der Waals surface area contributed by atoms with Crippen LogP contribution in [0.5, 0.6) is 5.75 Å². The number of benzene rings is 1. The summed E-state index contributed by atoms with van der Waals surface area (Å²) in [7, 11) is 0. The van der Waals surface area contributed by atoms with Gasteiger partial charge in [0.05, 0.1) is 17.7 Å². The van der Waals surface area contributed by atoms with Crippen LogP contribution in [0.25, 0.3) is 0 Å². The second-order valence-electron chi connectivity index (χ2n) is 5.33. The Labute approximate surface area is 130 Å². The molecule has 0 spiro atoms. The molecule has 0 aromatic heterocycles. The van der Waals surface area contributed by atoms with E-state index in [0.29, 0.717) is 34.9 Å². The van der Waals surface area contributed by atoms with Gasteiger partial charge in [0.2, 0.25) is 0 Å². The van der Waals surface area contributed by atoms with E-state index in [1.54, 1.807) is 6.07 Å². The SMILES string of the molecule is CC(N)Cc1cc(Cl)cc(Cl)c1OCCC1CCCO1. The average molecular weight is 318 g/mol. The van der Waals surface area contributed by atoms with Crippen molar-refractivity contribution in [3.8, 4) is 5.75 Å². The van der Waals surface area contributed by atoms with Gasteiger partial charge in [0.1, 0.15) is 5.75 Å². The van der Waals surface area contributed by atoms with E-state index in [9.17, 15) is 0 Å². The molecule has 2 unspecified atom stereocenters. The van der Waals surface area contributed by atoms with Crippen molar-refractivity contribution in [2.24, 2.45) is 5.73 Å². The van der Waals surface area contributed by atoms with Crippen LogP contribution in [0.4, 0.5) is 0 Å². The molecule has 0 bridgehead atoms. The number of halogens is 2. The van der Waals surface area contributed by atoms with Crippen molar-refractivity contribution in [3.05, 3.63) is 27.7 Å². The highest BCUT2D eigenvalue weighted by Crippen LogP contribution is 2.33. The zero-order valence-electron chi connectivity index (χ0n) is 11.7. The van der Waals surface area contributed by atoms with Crippen molar-refractivity contribution < 1.29 is 9.47 Å². The predicted molar refractivity (Wildman–Crippen MR) is 82.9 cm³/mol. The normalized spacial score (nSPS) is 20.1. The number of rotatable bonds is 6. The van der Waals surface area contributed by atoms with E-state index < -0.39 is 0 Å². The maximum absolute atomic E-state index is 6.23. The molecule has 0 saturated carbocycles. The van der Waals surface area contributed by atoms with Crippen molar-refractivity contribution in [3.63, 3.8) is 0 Å². The zero-order chi connectivity index (χ0) is 14.5. The number of ether oxygens (including phenoxy) is 2. The third-order valence-corrected chi connectivity index (χ3v) is 3.84. The van der Waals surface area contributed by atoms with Gasteiger partial charge < -0.3 is 15.2 Å². The van der Waals surface area contributed by atoms with E-state index in [0.717, 1.165) is 31.4 Å². The topological polar surface area (TPSA) is 44.5 Å². The van der Waals surface area contributed by atoms with Crippen LogP contribution in [-0.4, -0.2) is 25.4 Å². The third-order valence-electron chi connectivity index (χ3n) is 3.34. The Hall–Kier alpha value is -0.480. The second kappa shape index (κ2) is 7.51. The van der Waals surface area contributed by atoms with Crippen molar-refractivity contribution >= 4 is 23.2 Å². The maximum Gasteiger partial charge on any atom is 0.141 e. The molecule has 1 heterocycles. The minimum atomic E-state index is 0.0325. The van der Waals surface area contributed by atoms with Gasteiger partial charge in [0, 0.05) is 24.1 Å². The van der Waals surface area contributed by atoms with Gasteiger partial charge in [-0.1, -0.05) is 23.2 Å². The molecule has 0 radical (unpaired) electrons. The molecule has 1 aliphatic rings. The molecule has 20 heavy (non-hydrogen) atoms. The molecule has 2 rings (SSSR count). The summed E-state index contributed by atoms with van der Waals surface area (Å²) < 4.78 is 11.4. The largest absolute Gasteiger partial charge is 0.492 e. The first-order valence-corrected chi connectivity index (χ1v) is 7.79. The lowest BCUT2D eigenvalue weighted by molar-refractivity contribution is 0.0902. The van der Waals surface area contributed by atoms with Crippen LogP contribution in [0.2, 0.25) is 10.0 Å². The van der Waals surface area contributed by atoms with E-state index in [1.807, 2.05) is 13.0 Å². The van der Waals surface area contributed by atoms with Crippen LogP contribution in [0.15, 0.2) is 12.1 Å². The minimum absolute atomic E-state index is 0.0325. The van der Waals surface area contributed by atoms with Crippen LogP contribution >= 0.6 is 23.2 Å². The van der Waals surface area contributed by atoms with Crippen LogP contribution in [0, 0.1) is 0 Å². The van der Waals surface area contributed by atoms with E-state index in [2.05, 4.69) is 0 Å². The smallest absolute Gasteiger partial charge is 0.141 e. The van der Waals surface area contributed by atoms with E-state index >= 15 is 0 Å². The van der Waals surface area contributed by atoms with Gasteiger partial charge in [-0.3, -0.25) is 0 Å². The highest BCUT2D eigenvalue weighted by Gasteiger charge is 2.17. The van der Waals surface area contributed by atoms with Crippen LogP contribution in [0.3, 0.4) is 0 Å². The van der Waals surface area contributed by atoms with Crippen LogP contribution in [-0.2, 0) is 11.2 Å². The summed E-state index contributed by atoms with van der Waals surface area (Å²) in [5.74, 6) is 0.700. The summed E-state index contributed by atoms with van der Waals surface area (Å²) in [6.45, 7) is 3.41. The van der Waals surface area contributed by atoms with Gasteiger partial charge >= 0.3 is 0 Å². The molecular formula is C15H21Cl2NO2. The molecule has 1 aromatic rings. The molecule has 1 aromatic carbocycles. The quantitative estimate of drug-likeness (QED) is 0.867. The lowest BCUT2D eigenvalue weighted by Gasteiger charge is -2.16. The molecule has 1 aliphatic heterocycles. The van der Waals surface area contributed by atoms with Crippen molar-refractivity contribution in [1.82, 2.24) is 0 Å². The maximum atomic E-state index is 6.23. The van der Waals surface area contributed by atoms with Gasteiger partial charge in [-0.25, -0.2) is 0 Å². The highest BCUT2D eigenvalue weighted by atomic mass is 35.5. The molecule has 2 N–H and O–H groups in total. The number of hydrogen-bond acceptors (Lipinski definition) is 3. The molecule has 112 valence electrons. The Bertz CT molecular complexity index is 446. The number of hydrogen-bond donors (Lipinski definition) is 1. The summed E-state index contributed by atoms with van der Waals surface area (Å²) in [6.07, 6.45) is 4.15. The van der Waals surface area contributed by atoms with Crippen molar-refractivity contribution in [2.45, 2.75) is 44.8 Å². The summed E-state index contributed by atoms with van der Waals surface area (Å²) in [5.41, 5.74) is 6.82. The first kappa shape index (κ1) is 15.9. The van der Waals surface area contributed by atoms with E-state index in [-0.39, 0.29) is 6.04 Å². The number of nitrogens with two attached hydrogens (primary N) is 1. The molecule has 1 saturated heterocycles. The predicted octanol–water partition coefficient (Wildman–Crippen LogP) is 3.83. The molecule has 1 fully saturated rings. The molecule has 0 amide bonds. The molecule has 5 heteroatoms. The Morgan fingerprint density at radius 3 is 2.90 bits per heavy atom. The molecule has 0 aliphatic carbocycles. The highest BCUT2D eigenvalue weighted by molar-refractivity contribution is 6.35. The second-order valence-corrected chi connectivity index (χ2v) is 6.17. The fraction of sp³-hybridized carbons (Fsp3) is 0.600. The van der Waals surface area contributed by atoms with Crippen LogP contribution < -0.4 is 10.5 Å². The Morgan fingerprint density at radius 1 is 1.45 bits per heavy atom. The summed E-state index contributed by atoms with van der Waals surface area (Å²) in [5, 5.41) is 1.15. The standard InChI is InChI=1S/C15H21Cl2NO2/c1-10(18)7-11-8-12(16)9-14(17)15(11)20-6-4-13-3-2-5-19-13/h8-10,13H,2-7,18H2,1H3. The van der Waals surface area contributed by atoms with Crippen molar-refractivity contribution in [2.75, 3.05) is 13.2 Å². The minimum Gasteiger partial charge on any atom is -0.492 e. The zero-order valence-corrected chi connectivity index (χ0v) is 13.2. The van der Waals surface area contributed by atoms with E-state index in [4.69, 9.17) is 38.4 Å². The van der Waals surface area contributed by atoms with E-state index in [1.165, 1.54) is 0 Å². The summed E-state index contributed by atoms with van der Waals surface area (Å²) >= 11 is 12.3. The summed E-state index contributed by atoms with van der Waals surface area (Å²) in [6, 6.07) is 3.61. The van der Waals surface area contributed by atoms with Crippen LogP contribution in [0.1, 0.15) is 31.7 Å². The lowest BCUT2D eigenvalue weighted by Crippen LogP contribution is -2.19. The van der Waals surface area contributed by atoms with Gasteiger partial charge in [-0.2, -0.15) is 0 Å². The first-order valence-electron chi connectivity index (χ1n) is 7.04. The average Bonchev–Trinajstić information content (AvgIpc) is 2.84. The van der Waals surface area contributed by atoms with Gasteiger partial charge in [-0.05, 0) is 43.9 Å². The fourth-order valence-corrected chi connectivity index (χ4v) is 3.03. The first-order chi connectivity index (χ1) is 9.56.